The fraction of sp³-hybridized carbons (Fsp3) is 0.267. The molecule has 0 spiro atoms. The minimum Gasteiger partial charge on any atom is -0.503 e. The minimum atomic E-state index is -0.797. The number of hydrogen-bond donors (Lipinski definition) is 1. The molecule has 0 bridgehead atoms. The normalized spacial score (nSPS) is 17.3. The molecule has 9 heteroatoms. The van der Waals surface area contributed by atoms with E-state index in [2.05, 4.69) is 20.7 Å². The molecule has 1 saturated heterocycles. The van der Waals surface area contributed by atoms with Gasteiger partial charge in [-0.25, -0.2) is 4.79 Å². The number of benzene rings is 1. The van der Waals surface area contributed by atoms with E-state index in [1.54, 1.807) is 25.1 Å². The van der Waals surface area contributed by atoms with Gasteiger partial charge in [0.2, 0.25) is 0 Å². The number of thiocarbonyl (C=S) groups is 1. The Bertz CT molecular complexity index is 750. The molecule has 0 saturated carbocycles. The number of thioether (sulfide) groups is 1. The standard InChI is InChI=1S/C15H14BrNO5S2/c1-7(14(20)22-3)17-13(19)11(24-15(17)23)6-8-4-9(16)12(18)10(5-8)21-2/h4-7,18H,1-3H3/b11-6-/t7-/m1/s1. The Hall–Kier alpha value is -1.58. The third kappa shape index (κ3) is 3.57. The van der Waals surface area contributed by atoms with E-state index in [-0.39, 0.29) is 21.7 Å². The van der Waals surface area contributed by atoms with E-state index in [1.807, 2.05) is 0 Å². The Labute approximate surface area is 156 Å². The van der Waals surface area contributed by atoms with Crippen molar-refractivity contribution in [2.24, 2.45) is 0 Å². The highest BCUT2D eigenvalue weighted by molar-refractivity contribution is 9.10. The first kappa shape index (κ1) is 18.8. The van der Waals surface area contributed by atoms with Crippen LogP contribution in [0.5, 0.6) is 11.5 Å². The van der Waals surface area contributed by atoms with Crippen molar-refractivity contribution in [1.82, 2.24) is 4.90 Å². The zero-order valence-electron chi connectivity index (χ0n) is 13.0. The van der Waals surface area contributed by atoms with E-state index in [9.17, 15) is 14.7 Å². The van der Waals surface area contributed by atoms with Crippen molar-refractivity contribution in [1.29, 1.82) is 0 Å². The molecule has 1 atom stereocenters. The average molecular weight is 432 g/mol. The molecule has 2 rings (SSSR count). The summed E-state index contributed by atoms with van der Waals surface area (Å²) in [6.45, 7) is 1.56. The number of methoxy groups -OCH3 is 2. The molecule has 1 fully saturated rings. The van der Waals surface area contributed by atoms with Gasteiger partial charge < -0.3 is 14.6 Å². The number of ether oxygens (including phenoxy) is 2. The van der Waals surface area contributed by atoms with Gasteiger partial charge in [-0.2, -0.15) is 0 Å². The third-order valence-corrected chi connectivity index (χ3v) is 5.26. The van der Waals surface area contributed by atoms with Crippen molar-refractivity contribution in [2.45, 2.75) is 13.0 Å². The van der Waals surface area contributed by atoms with E-state index < -0.39 is 12.0 Å². The number of nitrogens with zero attached hydrogens (tertiary/aromatic N) is 1. The summed E-state index contributed by atoms with van der Waals surface area (Å²) in [5.74, 6) is -0.664. The number of aromatic hydroxyl groups is 1. The fourth-order valence-electron chi connectivity index (χ4n) is 2.07. The zero-order valence-corrected chi connectivity index (χ0v) is 16.3. The average Bonchev–Trinajstić information content (AvgIpc) is 2.83. The van der Waals surface area contributed by atoms with Gasteiger partial charge in [0, 0.05) is 0 Å². The maximum Gasteiger partial charge on any atom is 0.328 e. The number of esters is 1. The largest absolute Gasteiger partial charge is 0.503 e. The number of phenolic OH excluding ortho intramolecular Hbond substituents is 1. The highest BCUT2D eigenvalue weighted by atomic mass is 79.9. The second kappa shape index (κ2) is 7.54. The summed E-state index contributed by atoms with van der Waals surface area (Å²) in [7, 11) is 2.69. The molecule has 0 radical (unpaired) electrons. The smallest absolute Gasteiger partial charge is 0.328 e. The number of rotatable bonds is 4. The van der Waals surface area contributed by atoms with Gasteiger partial charge in [0.25, 0.3) is 5.91 Å². The summed E-state index contributed by atoms with van der Waals surface area (Å²) in [4.78, 5) is 25.8. The second-order valence-corrected chi connectivity index (χ2v) is 7.33. The molecular formula is C15H14BrNO5S2. The Kier molecular flexibility index (Phi) is 5.89. The summed E-state index contributed by atoms with van der Waals surface area (Å²) >= 11 is 9.52. The van der Waals surface area contributed by atoms with Crippen LogP contribution in [0.25, 0.3) is 6.08 Å². The fourth-order valence-corrected chi connectivity index (χ4v) is 3.95. The van der Waals surface area contributed by atoms with Gasteiger partial charge in [-0.3, -0.25) is 9.69 Å². The van der Waals surface area contributed by atoms with Gasteiger partial charge in [-0.15, -0.1) is 0 Å². The summed E-state index contributed by atoms with van der Waals surface area (Å²) in [5, 5.41) is 9.83. The number of hydrogen-bond acceptors (Lipinski definition) is 7. The van der Waals surface area contributed by atoms with Gasteiger partial charge in [0.1, 0.15) is 10.4 Å². The van der Waals surface area contributed by atoms with Crippen LogP contribution in [0.1, 0.15) is 12.5 Å². The first-order valence-corrected chi connectivity index (χ1v) is 8.73. The summed E-state index contributed by atoms with van der Waals surface area (Å²) in [6.07, 6.45) is 1.62. The molecule has 0 aliphatic carbocycles. The summed E-state index contributed by atoms with van der Waals surface area (Å²) < 4.78 is 10.5. The molecule has 1 N–H and O–H groups in total. The van der Waals surface area contributed by atoms with Crippen LogP contribution < -0.4 is 4.74 Å². The van der Waals surface area contributed by atoms with Crippen molar-refractivity contribution in [3.8, 4) is 11.5 Å². The van der Waals surface area contributed by atoms with Crippen molar-refractivity contribution < 1.29 is 24.2 Å². The topological polar surface area (TPSA) is 76.1 Å². The zero-order chi connectivity index (χ0) is 18.0. The van der Waals surface area contributed by atoms with E-state index in [1.165, 1.54) is 19.1 Å². The molecule has 1 aliphatic heterocycles. The van der Waals surface area contributed by atoms with Crippen molar-refractivity contribution in [3.63, 3.8) is 0 Å². The van der Waals surface area contributed by atoms with Gasteiger partial charge in [0.05, 0.1) is 23.6 Å². The van der Waals surface area contributed by atoms with Crippen LogP contribution >= 0.6 is 39.9 Å². The predicted molar refractivity (Wildman–Crippen MR) is 98.8 cm³/mol. The number of carbonyl (C=O) groups excluding carboxylic acids is 2. The Morgan fingerprint density at radius 1 is 1.46 bits per heavy atom. The van der Waals surface area contributed by atoms with Crippen LogP contribution in [0.3, 0.4) is 0 Å². The summed E-state index contributed by atoms with van der Waals surface area (Å²) in [6, 6.07) is 2.44. The van der Waals surface area contributed by atoms with Crippen molar-refractivity contribution in [3.05, 3.63) is 27.1 Å². The van der Waals surface area contributed by atoms with Crippen LogP contribution in [-0.4, -0.2) is 46.5 Å². The molecule has 6 nitrogen and oxygen atoms in total. The van der Waals surface area contributed by atoms with Gasteiger partial charge >= 0.3 is 5.97 Å². The maximum absolute atomic E-state index is 12.5. The van der Waals surface area contributed by atoms with Crippen molar-refractivity contribution >= 4 is 62.2 Å². The lowest BCUT2D eigenvalue weighted by atomic mass is 10.1. The number of halogens is 1. The first-order chi connectivity index (χ1) is 11.3. The lowest BCUT2D eigenvalue weighted by Crippen LogP contribution is -2.42. The highest BCUT2D eigenvalue weighted by Crippen LogP contribution is 2.38. The molecule has 1 aromatic carbocycles. The predicted octanol–water partition coefficient (Wildman–Crippen LogP) is 2.93. The monoisotopic (exact) mass is 431 g/mol. The van der Waals surface area contributed by atoms with Crippen LogP contribution in [-0.2, 0) is 14.3 Å². The molecule has 1 aliphatic rings. The molecule has 24 heavy (non-hydrogen) atoms. The minimum absolute atomic E-state index is 0.0264. The van der Waals surface area contributed by atoms with Gasteiger partial charge in [-0.05, 0) is 46.6 Å². The Morgan fingerprint density at radius 3 is 2.71 bits per heavy atom. The summed E-state index contributed by atoms with van der Waals surface area (Å²) in [5.41, 5.74) is 0.641. The molecule has 1 heterocycles. The number of carbonyl (C=O) groups is 2. The number of amides is 1. The lowest BCUT2D eigenvalue weighted by Gasteiger charge is -2.20. The third-order valence-electron chi connectivity index (χ3n) is 3.32. The first-order valence-electron chi connectivity index (χ1n) is 6.71. The van der Waals surface area contributed by atoms with E-state index >= 15 is 0 Å². The van der Waals surface area contributed by atoms with Crippen molar-refractivity contribution in [2.75, 3.05) is 14.2 Å². The quantitative estimate of drug-likeness (QED) is 0.446. The van der Waals surface area contributed by atoms with Crippen LogP contribution in [0.4, 0.5) is 0 Å². The highest BCUT2D eigenvalue weighted by Gasteiger charge is 2.38. The van der Waals surface area contributed by atoms with E-state index in [0.717, 1.165) is 11.8 Å². The van der Waals surface area contributed by atoms with Crippen LogP contribution in [0, 0.1) is 0 Å². The molecule has 0 aromatic heterocycles. The molecule has 1 amide bonds. The Morgan fingerprint density at radius 2 is 2.12 bits per heavy atom. The molecular weight excluding hydrogens is 418 g/mol. The van der Waals surface area contributed by atoms with E-state index in [4.69, 9.17) is 17.0 Å². The number of phenols is 1. The van der Waals surface area contributed by atoms with E-state index in [0.29, 0.717) is 14.9 Å². The Balaban J connectivity index is 2.36. The second-order valence-electron chi connectivity index (χ2n) is 4.80. The van der Waals surface area contributed by atoms with Crippen LogP contribution in [0.2, 0.25) is 0 Å². The SMILES string of the molecule is COC(=O)[C@@H](C)N1C(=O)/C(=C/c2cc(Br)c(O)c(OC)c2)SC1=S. The molecule has 128 valence electrons. The molecule has 0 unspecified atom stereocenters. The molecule has 1 aromatic rings. The van der Waals surface area contributed by atoms with Gasteiger partial charge in [0.15, 0.2) is 11.5 Å². The van der Waals surface area contributed by atoms with Gasteiger partial charge in [-0.1, -0.05) is 24.0 Å². The van der Waals surface area contributed by atoms with Crippen LogP contribution in [0.15, 0.2) is 21.5 Å². The maximum atomic E-state index is 12.5. The lowest BCUT2D eigenvalue weighted by molar-refractivity contribution is -0.147.